The first-order valence-electron chi connectivity index (χ1n) is 5.64. The molecule has 0 aromatic rings. The molecule has 0 saturated carbocycles. The van der Waals surface area contributed by atoms with Gasteiger partial charge in [0.15, 0.2) is 0 Å². The van der Waals surface area contributed by atoms with Gasteiger partial charge in [0.1, 0.15) is 0 Å². The molecule has 0 bridgehead atoms. The summed E-state index contributed by atoms with van der Waals surface area (Å²) in [5, 5.41) is 12.9. The van der Waals surface area contributed by atoms with Crippen molar-refractivity contribution in [2.75, 3.05) is 13.1 Å². The molecule has 0 aliphatic heterocycles. The van der Waals surface area contributed by atoms with Crippen LogP contribution >= 0.6 is 0 Å². The third-order valence-electron chi connectivity index (χ3n) is 2.19. The van der Waals surface area contributed by atoms with E-state index in [0.29, 0.717) is 5.41 Å². The zero-order valence-electron chi connectivity index (χ0n) is 10.5. The van der Waals surface area contributed by atoms with Crippen LogP contribution in [0, 0.1) is 5.41 Å². The minimum Gasteiger partial charge on any atom is -0.390 e. The maximum atomic E-state index is 9.48. The molecule has 0 aromatic heterocycles. The summed E-state index contributed by atoms with van der Waals surface area (Å²) in [6.07, 6.45) is 3.12. The van der Waals surface area contributed by atoms with Crippen LogP contribution in [0.4, 0.5) is 0 Å². The van der Waals surface area contributed by atoms with E-state index >= 15 is 0 Å². The highest BCUT2D eigenvalue weighted by Gasteiger charge is 2.11. The minimum atomic E-state index is -0.508. The van der Waals surface area contributed by atoms with E-state index in [9.17, 15) is 5.11 Å². The van der Waals surface area contributed by atoms with Gasteiger partial charge in [0, 0.05) is 0 Å². The summed E-state index contributed by atoms with van der Waals surface area (Å²) in [5.41, 5.74) is -0.0883. The Hall–Kier alpha value is -0.0800. The standard InChI is InChI=1S/C12H27NO/c1-11(2,3)8-10-13-9-6-7-12(4,5)14/h13-14H,6-10H2,1-5H3. The summed E-state index contributed by atoms with van der Waals surface area (Å²) in [4.78, 5) is 0. The van der Waals surface area contributed by atoms with Crippen molar-refractivity contribution in [2.45, 2.75) is 59.5 Å². The molecule has 2 nitrogen and oxygen atoms in total. The van der Waals surface area contributed by atoms with Crippen LogP contribution in [0.15, 0.2) is 0 Å². The van der Waals surface area contributed by atoms with Crippen molar-refractivity contribution >= 4 is 0 Å². The molecule has 86 valence electrons. The van der Waals surface area contributed by atoms with Gasteiger partial charge in [0.25, 0.3) is 0 Å². The molecule has 2 heteroatoms. The largest absolute Gasteiger partial charge is 0.390 e. The fourth-order valence-corrected chi connectivity index (χ4v) is 1.23. The van der Waals surface area contributed by atoms with Crippen LogP contribution in [0.1, 0.15) is 53.9 Å². The molecule has 0 aliphatic rings. The van der Waals surface area contributed by atoms with Gasteiger partial charge in [-0.1, -0.05) is 20.8 Å². The highest BCUT2D eigenvalue weighted by atomic mass is 16.3. The van der Waals surface area contributed by atoms with E-state index in [1.54, 1.807) is 0 Å². The molecule has 0 spiro atoms. The maximum Gasteiger partial charge on any atom is 0.0592 e. The molecule has 0 rings (SSSR count). The predicted octanol–water partition coefficient (Wildman–Crippen LogP) is 2.56. The second kappa shape index (κ2) is 5.72. The van der Waals surface area contributed by atoms with E-state index in [1.807, 2.05) is 13.8 Å². The van der Waals surface area contributed by atoms with Gasteiger partial charge in [-0.25, -0.2) is 0 Å². The molecule has 0 atom stereocenters. The van der Waals surface area contributed by atoms with E-state index in [1.165, 1.54) is 6.42 Å². The van der Waals surface area contributed by atoms with Gasteiger partial charge in [-0.15, -0.1) is 0 Å². The van der Waals surface area contributed by atoms with Crippen LogP contribution in [0.25, 0.3) is 0 Å². The molecule has 2 N–H and O–H groups in total. The Morgan fingerprint density at radius 2 is 1.50 bits per heavy atom. The highest BCUT2D eigenvalue weighted by molar-refractivity contribution is 4.66. The van der Waals surface area contributed by atoms with E-state index in [2.05, 4.69) is 26.1 Å². The number of hydrogen-bond acceptors (Lipinski definition) is 2. The van der Waals surface area contributed by atoms with Gasteiger partial charge in [-0.2, -0.15) is 0 Å². The predicted molar refractivity (Wildman–Crippen MR) is 62.5 cm³/mol. The van der Waals surface area contributed by atoms with Crippen molar-refractivity contribution in [1.29, 1.82) is 0 Å². The molecule has 0 amide bonds. The smallest absolute Gasteiger partial charge is 0.0592 e. The van der Waals surface area contributed by atoms with Gasteiger partial charge in [-0.05, 0) is 51.6 Å². The Morgan fingerprint density at radius 3 is 1.93 bits per heavy atom. The fourth-order valence-electron chi connectivity index (χ4n) is 1.23. The summed E-state index contributed by atoms with van der Waals surface area (Å²) in [6.45, 7) is 12.6. The summed E-state index contributed by atoms with van der Waals surface area (Å²) in [5.74, 6) is 0. The van der Waals surface area contributed by atoms with Crippen molar-refractivity contribution in [1.82, 2.24) is 5.32 Å². The Bertz CT molecular complexity index is 123. The third-order valence-corrected chi connectivity index (χ3v) is 2.19. The normalized spacial score (nSPS) is 13.3. The zero-order chi connectivity index (χ0) is 11.2. The lowest BCUT2D eigenvalue weighted by molar-refractivity contribution is 0.0688. The average Bonchev–Trinajstić information content (AvgIpc) is 1.92. The lowest BCUT2D eigenvalue weighted by atomic mass is 9.92. The van der Waals surface area contributed by atoms with Crippen LogP contribution < -0.4 is 5.32 Å². The fraction of sp³-hybridized carbons (Fsp3) is 1.00. The number of nitrogens with one attached hydrogen (secondary N) is 1. The average molecular weight is 201 g/mol. The highest BCUT2D eigenvalue weighted by Crippen LogP contribution is 2.17. The zero-order valence-corrected chi connectivity index (χ0v) is 10.5. The van der Waals surface area contributed by atoms with E-state index < -0.39 is 5.60 Å². The quantitative estimate of drug-likeness (QED) is 0.647. The first kappa shape index (κ1) is 13.9. The second-order valence-corrected chi connectivity index (χ2v) is 5.98. The van der Waals surface area contributed by atoms with Crippen LogP contribution in [0.3, 0.4) is 0 Å². The summed E-state index contributed by atoms with van der Waals surface area (Å²) in [7, 11) is 0. The molecule has 14 heavy (non-hydrogen) atoms. The first-order chi connectivity index (χ1) is 6.21. The SMILES string of the molecule is CC(C)(C)CCNCCCC(C)(C)O. The van der Waals surface area contributed by atoms with Crippen molar-refractivity contribution < 1.29 is 5.11 Å². The monoisotopic (exact) mass is 201 g/mol. The Labute approximate surface area is 89.1 Å². The molecular weight excluding hydrogens is 174 g/mol. The molecule has 0 unspecified atom stereocenters. The van der Waals surface area contributed by atoms with Gasteiger partial charge in [0.05, 0.1) is 5.60 Å². The Morgan fingerprint density at radius 1 is 0.929 bits per heavy atom. The summed E-state index contributed by atoms with van der Waals surface area (Å²) < 4.78 is 0. The Balaban J connectivity index is 3.23. The second-order valence-electron chi connectivity index (χ2n) is 5.98. The summed E-state index contributed by atoms with van der Waals surface area (Å²) in [6, 6.07) is 0. The van der Waals surface area contributed by atoms with Crippen molar-refractivity contribution in [3.63, 3.8) is 0 Å². The molecule has 0 aromatic carbocycles. The summed E-state index contributed by atoms with van der Waals surface area (Å²) >= 11 is 0. The maximum absolute atomic E-state index is 9.48. The topological polar surface area (TPSA) is 32.3 Å². The lowest BCUT2D eigenvalue weighted by Crippen LogP contribution is -2.24. The molecular formula is C12H27NO. The molecule has 0 heterocycles. The molecule has 0 fully saturated rings. The van der Waals surface area contributed by atoms with Gasteiger partial charge < -0.3 is 10.4 Å². The van der Waals surface area contributed by atoms with Gasteiger partial charge >= 0.3 is 0 Å². The minimum absolute atomic E-state index is 0.420. The number of hydrogen-bond donors (Lipinski definition) is 2. The van der Waals surface area contributed by atoms with E-state index in [0.717, 1.165) is 25.9 Å². The van der Waals surface area contributed by atoms with E-state index in [4.69, 9.17) is 0 Å². The first-order valence-corrected chi connectivity index (χ1v) is 5.64. The van der Waals surface area contributed by atoms with Gasteiger partial charge in [-0.3, -0.25) is 0 Å². The number of rotatable bonds is 6. The van der Waals surface area contributed by atoms with Crippen LogP contribution in [-0.2, 0) is 0 Å². The third kappa shape index (κ3) is 11.9. The van der Waals surface area contributed by atoms with Crippen molar-refractivity contribution in [2.24, 2.45) is 5.41 Å². The van der Waals surface area contributed by atoms with Crippen molar-refractivity contribution in [3.05, 3.63) is 0 Å². The molecule has 0 saturated heterocycles. The van der Waals surface area contributed by atoms with Crippen LogP contribution in [0.5, 0.6) is 0 Å². The van der Waals surface area contributed by atoms with Crippen molar-refractivity contribution in [3.8, 4) is 0 Å². The Kier molecular flexibility index (Phi) is 5.68. The lowest BCUT2D eigenvalue weighted by Gasteiger charge is -2.19. The van der Waals surface area contributed by atoms with Gasteiger partial charge in [0.2, 0.25) is 0 Å². The number of aliphatic hydroxyl groups is 1. The molecule has 0 radical (unpaired) electrons. The van der Waals surface area contributed by atoms with E-state index in [-0.39, 0.29) is 0 Å². The molecule has 0 aliphatic carbocycles. The van der Waals surface area contributed by atoms with Crippen LogP contribution in [0.2, 0.25) is 0 Å². The van der Waals surface area contributed by atoms with Crippen LogP contribution in [-0.4, -0.2) is 23.8 Å².